The zero-order valence-corrected chi connectivity index (χ0v) is 6.89. The summed E-state index contributed by atoms with van der Waals surface area (Å²) in [7, 11) is 2.03. The Morgan fingerprint density at radius 3 is 2.82 bits per heavy atom. The molecule has 1 aromatic rings. The second-order valence-electron chi connectivity index (χ2n) is 2.61. The summed E-state index contributed by atoms with van der Waals surface area (Å²) in [6, 6.07) is 4.86. The van der Waals surface area contributed by atoms with Crippen LogP contribution in [0.25, 0.3) is 0 Å². The molecule has 1 aromatic carbocycles. The van der Waals surface area contributed by atoms with Crippen LogP contribution in [-0.4, -0.2) is 7.28 Å². The van der Waals surface area contributed by atoms with Gasteiger partial charge in [-0.25, -0.2) is 4.39 Å². The molecule has 0 saturated carbocycles. The van der Waals surface area contributed by atoms with E-state index in [9.17, 15) is 4.39 Å². The van der Waals surface area contributed by atoms with Crippen LogP contribution >= 0.6 is 0 Å². The topological polar surface area (TPSA) is 0 Å². The summed E-state index contributed by atoms with van der Waals surface area (Å²) < 4.78 is 12.7. The summed E-state index contributed by atoms with van der Waals surface area (Å²) in [6.07, 6.45) is 0.949. The molecule has 0 unspecified atom stereocenters. The van der Waals surface area contributed by atoms with E-state index in [1.165, 1.54) is 6.07 Å². The molecule has 0 bridgehead atoms. The molecule has 0 aromatic heterocycles. The van der Waals surface area contributed by atoms with E-state index < -0.39 is 0 Å². The number of benzene rings is 1. The average Bonchev–Trinajstić information content (AvgIpc) is 1.98. The molecular formula is C9H11BF. The van der Waals surface area contributed by atoms with Crippen molar-refractivity contribution in [1.29, 1.82) is 0 Å². The van der Waals surface area contributed by atoms with Gasteiger partial charge in [0.15, 0.2) is 7.28 Å². The van der Waals surface area contributed by atoms with Gasteiger partial charge in [0.1, 0.15) is 5.82 Å². The monoisotopic (exact) mass is 149 g/mol. The van der Waals surface area contributed by atoms with E-state index in [1.54, 1.807) is 12.1 Å². The van der Waals surface area contributed by atoms with Gasteiger partial charge in [-0.2, -0.15) is 0 Å². The number of halogens is 1. The van der Waals surface area contributed by atoms with Gasteiger partial charge in [0.25, 0.3) is 0 Å². The van der Waals surface area contributed by atoms with Crippen LogP contribution in [0.15, 0.2) is 18.2 Å². The lowest BCUT2D eigenvalue weighted by Crippen LogP contribution is -2.16. The van der Waals surface area contributed by atoms with Crippen LogP contribution in [0.3, 0.4) is 0 Å². The van der Waals surface area contributed by atoms with E-state index in [0.717, 1.165) is 17.3 Å². The number of hydrogen-bond acceptors (Lipinski definition) is 0. The molecule has 0 aliphatic rings. The van der Waals surface area contributed by atoms with Crippen molar-refractivity contribution in [1.82, 2.24) is 0 Å². The molecule has 0 fully saturated rings. The molecule has 0 spiro atoms. The first-order valence-electron chi connectivity index (χ1n) is 3.83. The second kappa shape index (κ2) is 3.56. The molecule has 0 heterocycles. The van der Waals surface area contributed by atoms with Crippen molar-refractivity contribution in [3.05, 3.63) is 29.6 Å². The molecule has 0 nitrogen and oxygen atoms in total. The summed E-state index contributed by atoms with van der Waals surface area (Å²) in [5.41, 5.74) is 2.14. The lowest BCUT2D eigenvalue weighted by molar-refractivity contribution is 0.628. The maximum atomic E-state index is 12.7. The Morgan fingerprint density at radius 1 is 1.45 bits per heavy atom. The lowest BCUT2D eigenvalue weighted by atomic mass is 9.66. The van der Waals surface area contributed by atoms with Gasteiger partial charge >= 0.3 is 0 Å². The van der Waals surface area contributed by atoms with Crippen molar-refractivity contribution in [3.8, 4) is 0 Å². The van der Waals surface area contributed by atoms with Crippen molar-refractivity contribution in [2.24, 2.45) is 0 Å². The van der Waals surface area contributed by atoms with E-state index in [-0.39, 0.29) is 5.82 Å². The van der Waals surface area contributed by atoms with Crippen LogP contribution in [-0.2, 0) is 0 Å². The highest BCUT2D eigenvalue weighted by Gasteiger charge is 1.98. The Morgan fingerprint density at radius 2 is 2.18 bits per heavy atom. The summed E-state index contributed by atoms with van der Waals surface area (Å²) in [6.45, 7) is 4.03. The maximum Gasteiger partial charge on any atom is 0.151 e. The van der Waals surface area contributed by atoms with Gasteiger partial charge in [-0.05, 0) is 19.1 Å². The van der Waals surface area contributed by atoms with Crippen molar-refractivity contribution >= 4 is 12.7 Å². The van der Waals surface area contributed by atoms with Crippen LogP contribution in [0.2, 0.25) is 6.32 Å². The predicted octanol–water partition coefficient (Wildman–Crippen LogP) is 1.90. The highest BCUT2D eigenvalue weighted by Crippen LogP contribution is 1.98. The zero-order valence-electron chi connectivity index (χ0n) is 6.89. The van der Waals surface area contributed by atoms with Crippen LogP contribution < -0.4 is 5.46 Å². The summed E-state index contributed by atoms with van der Waals surface area (Å²) in [5, 5.41) is 0. The Kier molecular flexibility index (Phi) is 2.69. The fraction of sp³-hybridized carbons (Fsp3) is 0.333. The third-order valence-electron chi connectivity index (χ3n) is 1.67. The zero-order chi connectivity index (χ0) is 8.27. The predicted molar refractivity (Wildman–Crippen MR) is 47.0 cm³/mol. The minimum absolute atomic E-state index is 0.157. The normalized spacial score (nSPS) is 9.73. The van der Waals surface area contributed by atoms with Crippen molar-refractivity contribution in [3.63, 3.8) is 0 Å². The van der Waals surface area contributed by atoms with Crippen molar-refractivity contribution in [2.45, 2.75) is 20.2 Å². The van der Waals surface area contributed by atoms with E-state index in [2.05, 4.69) is 0 Å². The molecule has 0 atom stereocenters. The van der Waals surface area contributed by atoms with Crippen LogP contribution in [0.1, 0.15) is 12.5 Å². The van der Waals surface area contributed by atoms with Gasteiger partial charge in [0, 0.05) is 0 Å². The summed E-state index contributed by atoms with van der Waals surface area (Å²) >= 11 is 0. The summed E-state index contributed by atoms with van der Waals surface area (Å²) in [5.74, 6) is -0.157. The van der Waals surface area contributed by atoms with Crippen LogP contribution in [0.4, 0.5) is 4.39 Å². The van der Waals surface area contributed by atoms with E-state index in [4.69, 9.17) is 0 Å². The fourth-order valence-electron chi connectivity index (χ4n) is 1.05. The molecular weight excluding hydrogens is 138 g/mol. The van der Waals surface area contributed by atoms with E-state index >= 15 is 0 Å². The van der Waals surface area contributed by atoms with Crippen LogP contribution in [0, 0.1) is 12.7 Å². The largest absolute Gasteiger partial charge is 0.207 e. The van der Waals surface area contributed by atoms with Gasteiger partial charge in [0.05, 0.1) is 0 Å². The molecule has 11 heavy (non-hydrogen) atoms. The Balaban J connectivity index is 2.93. The molecule has 0 amide bonds. The first-order valence-corrected chi connectivity index (χ1v) is 3.83. The minimum Gasteiger partial charge on any atom is -0.207 e. The standard InChI is InChI=1S/C9H11BF/c1-3-10-9-6-8(11)5-4-7(9)2/h4-6H,3H2,1-2H3. The van der Waals surface area contributed by atoms with Gasteiger partial charge in [-0.3, -0.25) is 0 Å². The quantitative estimate of drug-likeness (QED) is 0.563. The van der Waals surface area contributed by atoms with E-state index in [1.807, 2.05) is 21.1 Å². The minimum atomic E-state index is -0.157. The third-order valence-corrected chi connectivity index (χ3v) is 1.67. The Labute approximate surface area is 67.7 Å². The fourth-order valence-corrected chi connectivity index (χ4v) is 1.05. The highest BCUT2D eigenvalue weighted by atomic mass is 19.1. The van der Waals surface area contributed by atoms with E-state index in [0.29, 0.717) is 0 Å². The lowest BCUT2D eigenvalue weighted by Gasteiger charge is -2.01. The molecule has 0 N–H and O–H groups in total. The molecule has 0 aliphatic carbocycles. The first-order chi connectivity index (χ1) is 5.24. The first kappa shape index (κ1) is 8.31. The molecule has 1 rings (SSSR count). The summed E-state index contributed by atoms with van der Waals surface area (Å²) in [4.78, 5) is 0. The van der Waals surface area contributed by atoms with Gasteiger partial charge in [0.2, 0.25) is 0 Å². The maximum absolute atomic E-state index is 12.7. The molecule has 1 radical (unpaired) electrons. The Bertz CT molecular complexity index is 245. The average molecular weight is 149 g/mol. The van der Waals surface area contributed by atoms with Gasteiger partial charge < -0.3 is 0 Å². The van der Waals surface area contributed by atoms with Gasteiger partial charge in [-0.15, -0.1) is 0 Å². The van der Waals surface area contributed by atoms with Crippen molar-refractivity contribution < 1.29 is 4.39 Å². The Hall–Kier alpha value is -0.785. The molecule has 57 valence electrons. The second-order valence-corrected chi connectivity index (χ2v) is 2.61. The highest BCUT2D eigenvalue weighted by molar-refractivity contribution is 6.53. The molecule has 2 heteroatoms. The van der Waals surface area contributed by atoms with Crippen LogP contribution in [0.5, 0.6) is 0 Å². The smallest absolute Gasteiger partial charge is 0.151 e. The number of rotatable bonds is 2. The SMILES string of the molecule is CC[B]c1cc(F)ccc1C. The molecule has 0 aliphatic heterocycles. The number of aryl methyl sites for hydroxylation is 1. The van der Waals surface area contributed by atoms with Crippen molar-refractivity contribution in [2.75, 3.05) is 0 Å². The third kappa shape index (κ3) is 2.07. The van der Waals surface area contributed by atoms with Gasteiger partial charge in [-0.1, -0.05) is 30.3 Å². The molecule has 0 saturated heterocycles. The number of hydrogen-bond donors (Lipinski definition) is 0.